The van der Waals surface area contributed by atoms with Crippen LogP contribution in [0, 0.1) is 5.92 Å². The van der Waals surface area contributed by atoms with Crippen molar-refractivity contribution in [3.8, 4) is 0 Å². The summed E-state index contributed by atoms with van der Waals surface area (Å²) in [6.45, 7) is 3.92. The molecule has 7 heteroatoms. The smallest absolute Gasteiger partial charge is 0.310 e. The Morgan fingerprint density at radius 3 is 2.68 bits per heavy atom. The predicted molar refractivity (Wildman–Crippen MR) is 80.0 cm³/mol. The minimum Gasteiger partial charge on any atom is -0.469 e. The molecule has 22 heavy (non-hydrogen) atoms. The van der Waals surface area contributed by atoms with Crippen LogP contribution < -0.4 is 5.32 Å². The number of esters is 1. The molecule has 0 aromatic carbocycles. The van der Waals surface area contributed by atoms with Crippen LogP contribution in [0.3, 0.4) is 0 Å². The molecule has 0 aliphatic rings. The summed E-state index contributed by atoms with van der Waals surface area (Å²) in [4.78, 5) is 40.4. The summed E-state index contributed by atoms with van der Waals surface area (Å²) >= 11 is 0. The number of pyridine rings is 1. The van der Waals surface area contributed by atoms with E-state index in [2.05, 4.69) is 15.0 Å². The molecule has 0 saturated heterocycles. The first-order chi connectivity index (χ1) is 10.5. The number of carbonyl (C=O) groups is 3. The van der Waals surface area contributed by atoms with E-state index in [1.807, 2.05) is 0 Å². The van der Waals surface area contributed by atoms with Gasteiger partial charge in [0, 0.05) is 39.0 Å². The van der Waals surface area contributed by atoms with E-state index in [9.17, 15) is 14.4 Å². The Kier molecular flexibility index (Phi) is 7.01. The Morgan fingerprint density at radius 1 is 1.41 bits per heavy atom. The molecule has 0 spiro atoms. The average molecular weight is 307 g/mol. The van der Waals surface area contributed by atoms with Gasteiger partial charge >= 0.3 is 5.97 Å². The number of rotatable bonds is 7. The second-order valence-corrected chi connectivity index (χ2v) is 4.90. The van der Waals surface area contributed by atoms with Crippen molar-refractivity contribution >= 4 is 17.8 Å². The largest absolute Gasteiger partial charge is 0.469 e. The lowest BCUT2D eigenvalue weighted by atomic mass is 10.1. The zero-order valence-corrected chi connectivity index (χ0v) is 13.0. The summed E-state index contributed by atoms with van der Waals surface area (Å²) in [7, 11) is 1.31. The Bertz CT molecular complexity index is 519. The van der Waals surface area contributed by atoms with E-state index in [1.54, 1.807) is 25.3 Å². The van der Waals surface area contributed by atoms with Gasteiger partial charge in [0.15, 0.2) is 0 Å². The highest BCUT2D eigenvalue weighted by molar-refractivity contribution is 5.94. The molecular formula is C15H21N3O4. The van der Waals surface area contributed by atoms with Crippen LogP contribution in [0.4, 0.5) is 0 Å². The number of hydrogen-bond acceptors (Lipinski definition) is 5. The van der Waals surface area contributed by atoms with Crippen molar-refractivity contribution in [2.24, 2.45) is 5.92 Å². The summed E-state index contributed by atoms with van der Waals surface area (Å²) in [5.41, 5.74) is 0.433. The van der Waals surface area contributed by atoms with Crippen molar-refractivity contribution in [1.82, 2.24) is 15.2 Å². The minimum absolute atomic E-state index is 0.171. The van der Waals surface area contributed by atoms with Crippen LogP contribution in [-0.4, -0.2) is 54.4 Å². The van der Waals surface area contributed by atoms with Crippen LogP contribution in [0.2, 0.25) is 0 Å². The third-order valence-corrected chi connectivity index (χ3v) is 3.05. The average Bonchev–Trinajstić information content (AvgIpc) is 2.52. The zero-order valence-electron chi connectivity index (χ0n) is 13.0. The lowest BCUT2D eigenvalue weighted by Gasteiger charge is -2.25. The normalized spacial score (nSPS) is 11.4. The summed E-state index contributed by atoms with van der Waals surface area (Å²) in [6, 6.07) is 3.33. The monoisotopic (exact) mass is 307 g/mol. The number of nitrogens with zero attached hydrogens (tertiary/aromatic N) is 2. The molecule has 1 heterocycles. The molecule has 1 rings (SSSR count). The first-order valence-electron chi connectivity index (χ1n) is 6.97. The van der Waals surface area contributed by atoms with Gasteiger partial charge in [-0.3, -0.25) is 19.4 Å². The van der Waals surface area contributed by atoms with E-state index in [1.165, 1.54) is 25.1 Å². The lowest BCUT2D eigenvalue weighted by Crippen LogP contribution is -2.41. The van der Waals surface area contributed by atoms with Gasteiger partial charge in [-0.2, -0.15) is 0 Å². The van der Waals surface area contributed by atoms with Gasteiger partial charge in [-0.05, 0) is 12.1 Å². The molecule has 0 fully saturated rings. The van der Waals surface area contributed by atoms with Crippen LogP contribution in [0.15, 0.2) is 24.5 Å². The highest BCUT2D eigenvalue weighted by Gasteiger charge is 2.22. The SMILES string of the molecule is COC(=O)C(C)CN(CCNC(C)=O)C(=O)c1cccnc1. The highest BCUT2D eigenvalue weighted by atomic mass is 16.5. The molecule has 7 nitrogen and oxygen atoms in total. The summed E-state index contributed by atoms with van der Waals surface area (Å²) in [6.07, 6.45) is 3.05. The van der Waals surface area contributed by atoms with Gasteiger partial charge in [-0.15, -0.1) is 0 Å². The van der Waals surface area contributed by atoms with Crippen LogP contribution in [0.5, 0.6) is 0 Å². The number of aromatic nitrogens is 1. The summed E-state index contributed by atoms with van der Waals surface area (Å²) < 4.78 is 4.68. The number of methoxy groups -OCH3 is 1. The predicted octanol–water partition coefficient (Wildman–Crippen LogP) is 0.469. The number of amides is 2. The second kappa shape index (κ2) is 8.76. The van der Waals surface area contributed by atoms with Crippen LogP contribution in [0.25, 0.3) is 0 Å². The molecule has 1 unspecified atom stereocenters. The first kappa shape index (κ1) is 17.6. The maximum absolute atomic E-state index is 12.5. The van der Waals surface area contributed by atoms with Crippen molar-refractivity contribution in [3.05, 3.63) is 30.1 Å². The third kappa shape index (κ3) is 5.51. The molecule has 1 atom stereocenters. The first-order valence-corrected chi connectivity index (χ1v) is 6.97. The van der Waals surface area contributed by atoms with Crippen molar-refractivity contribution in [2.75, 3.05) is 26.7 Å². The zero-order chi connectivity index (χ0) is 16.5. The van der Waals surface area contributed by atoms with Crippen molar-refractivity contribution in [3.63, 3.8) is 0 Å². The fraction of sp³-hybridized carbons (Fsp3) is 0.467. The maximum atomic E-state index is 12.5. The summed E-state index contributed by atoms with van der Waals surface area (Å²) in [5, 5.41) is 2.63. The van der Waals surface area contributed by atoms with E-state index < -0.39 is 5.92 Å². The molecule has 1 N–H and O–H groups in total. The van der Waals surface area contributed by atoms with E-state index in [-0.39, 0.29) is 24.3 Å². The Morgan fingerprint density at radius 2 is 2.14 bits per heavy atom. The van der Waals surface area contributed by atoms with Crippen LogP contribution >= 0.6 is 0 Å². The van der Waals surface area contributed by atoms with Gasteiger partial charge in [-0.25, -0.2) is 0 Å². The topological polar surface area (TPSA) is 88.6 Å². The van der Waals surface area contributed by atoms with Gasteiger partial charge in [-0.1, -0.05) is 6.92 Å². The van der Waals surface area contributed by atoms with Gasteiger partial charge in [0.2, 0.25) is 5.91 Å². The van der Waals surface area contributed by atoms with Crippen LogP contribution in [0.1, 0.15) is 24.2 Å². The molecule has 1 aromatic heterocycles. The van der Waals surface area contributed by atoms with Crippen molar-refractivity contribution < 1.29 is 19.1 Å². The molecule has 0 saturated carbocycles. The van der Waals surface area contributed by atoms with Crippen molar-refractivity contribution in [2.45, 2.75) is 13.8 Å². The molecule has 0 aliphatic carbocycles. The van der Waals surface area contributed by atoms with E-state index in [0.717, 1.165) is 0 Å². The molecule has 1 aromatic rings. The van der Waals surface area contributed by atoms with Gasteiger partial charge in [0.05, 0.1) is 18.6 Å². The lowest BCUT2D eigenvalue weighted by molar-refractivity contribution is -0.145. The quantitative estimate of drug-likeness (QED) is 0.740. The third-order valence-electron chi connectivity index (χ3n) is 3.05. The number of ether oxygens (including phenoxy) is 1. The molecule has 0 radical (unpaired) electrons. The fourth-order valence-corrected chi connectivity index (χ4v) is 1.92. The Hall–Kier alpha value is -2.44. The molecular weight excluding hydrogens is 286 g/mol. The minimum atomic E-state index is -0.456. The van der Waals surface area contributed by atoms with E-state index in [0.29, 0.717) is 18.7 Å². The molecule has 0 aliphatic heterocycles. The maximum Gasteiger partial charge on any atom is 0.310 e. The molecule has 120 valence electrons. The number of nitrogens with one attached hydrogen (secondary N) is 1. The second-order valence-electron chi connectivity index (χ2n) is 4.90. The molecule has 0 bridgehead atoms. The number of carbonyl (C=O) groups excluding carboxylic acids is 3. The van der Waals surface area contributed by atoms with Gasteiger partial charge in [0.1, 0.15) is 0 Å². The Labute approximate surface area is 129 Å². The van der Waals surface area contributed by atoms with Gasteiger partial charge in [0.25, 0.3) is 5.91 Å². The standard InChI is InChI=1S/C15H21N3O4/c1-11(15(21)22-3)10-18(8-7-17-12(2)19)14(20)13-5-4-6-16-9-13/h4-6,9,11H,7-8,10H2,1-3H3,(H,17,19). The Balaban J connectivity index is 2.78. The van der Waals surface area contributed by atoms with Crippen LogP contribution in [-0.2, 0) is 14.3 Å². The van der Waals surface area contributed by atoms with E-state index in [4.69, 9.17) is 0 Å². The summed E-state index contributed by atoms with van der Waals surface area (Å²) in [5.74, 6) is -1.25. The van der Waals surface area contributed by atoms with Gasteiger partial charge < -0.3 is 15.0 Å². The fourth-order valence-electron chi connectivity index (χ4n) is 1.92. The highest BCUT2D eigenvalue weighted by Crippen LogP contribution is 2.08. The number of hydrogen-bond donors (Lipinski definition) is 1. The molecule has 2 amide bonds. The van der Waals surface area contributed by atoms with E-state index >= 15 is 0 Å². The van der Waals surface area contributed by atoms with Crippen molar-refractivity contribution in [1.29, 1.82) is 0 Å².